The molecule has 1 rings (SSSR count). The number of carbonyl (C=O) groups excluding carboxylic acids is 3. The lowest BCUT2D eigenvalue weighted by molar-refractivity contribution is -0.147. The molecule has 0 spiro atoms. The molecule has 1 amide bonds. The number of likely N-dealkylation sites (tertiary alicyclic amines) is 1. The topological polar surface area (TPSA) is 72.9 Å². The number of nitrogens with zero attached hydrogens (tertiary/aromatic N) is 1. The van der Waals surface area contributed by atoms with Crippen LogP contribution in [0.25, 0.3) is 0 Å². The normalized spacial score (nSPS) is 15.7. The predicted molar refractivity (Wildman–Crippen MR) is 67.6 cm³/mol. The molecule has 0 bridgehead atoms. The van der Waals surface area contributed by atoms with Gasteiger partial charge in [0.2, 0.25) is 0 Å². The Balaban J connectivity index is 2.31. The molecule has 0 saturated carbocycles. The summed E-state index contributed by atoms with van der Waals surface area (Å²) in [5.74, 6) is -0.974. The molecule has 0 atom stereocenters. The van der Waals surface area contributed by atoms with Crippen LogP contribution in [0.4, 0.5) is 4.79 Å². The van der Waals surface area contributed by atoms with Crippen LogP contribution in [0.5, 0.6) is 0 Å². The number of ether oxygens (including phenoxy) is 2. The van der Waals surface area contributed by atoms with Gasteiger partial charge in [0.15, 0.2) is 5.78 Å². The maximum atomic E-state index is 11.7. The monoisotopic (exact) mass is 271 g/mol. The van der Waals surface area contributed by atoms with Crippen molar-refractivity contribution in [2.45, 2.75) is 39.7 Å². The molecule has 1 aliphatic heterocycles. The van der Waals surface area contributed by atoms with Gasteiger partial charge >= 0.3 is 12.1 Å². The quantitative estimate of drug-likeness (QED) is 0.570. The van der Waals surface area contributed by atoms with Crippen LogP contribution in [-0.2, 0) is 19.1 Å². The van der Waals surface area contributed by atoms with E-state index in [2.05, 4.69) is 0 Å². The van der Waals surface area contributed by atoms with Crippen LogP contribution in [0.3, 0.4) is 0 Å². The van der Waals surface area contributed by atoms with Gasteiger partial charge in [-0.05, 0) is 27.7 Å². The summed E-state index contributed by atoms with van der Waals surface area (Å²) in [6, 6.07) is 0. The minimum absolute atomic E-state index is 0.182. The van der Waals surface area contributed by atoms with E-state index in [-0.39, 0.29) is 24.7 Å². The van der Waals surface area contributed by atoms with Crippen LogP contribution in [-0.4, -0.2) is 48.0 Å². The van der Waals surface area contributed by atoms with Gasteiger partial charge in [-0.1, -0.05) is 0 Å². The molecule has 6 nitrogen and oxygen atoms in total. The fourth-order valence-electron chi connectivity index (χ4n) is 1.66. The Morgan fingerprint density at radius 2 is 1.79 bits per heavy atom. The number of rotatable bonds is 4. The van der Waals surface area contributed by atoms with Gasteiger partial charge in [0.25, 0.3) is 0 Å². The third-order valence-corrected chi connectivity index (χ3v) is 2.61. The van der Waals surface area contributed by atoms with Gasteiger partial charge in [0.05, 0.1) is 12.5 Å². The first-order valence-electron chi connectivity index (χ1n) is 6.39. The molecule has 6 heteroatoms. The SMILES string of the molecule is CCOC(=O)CC(=O)C1CN(C(=O)OC(C)(C)C)C1. The summed E-state index contributed by atoms with van der Waals surface area (Å²) < 4.78 is 9.88. The fourth-order valence-corrected chi connectivity index (χ4v) is 1.66. The molecule has 0 N–H and O–H groups in total. The summed E-state index contributed by atoms with van der Waals surface area (Å²) in [5, 5.41) is 0. The number of carbonyl (C=O) groups is 3. The highest BCUT2D eigenvalue weighted by Crippen LogP contribution is 2.21. The average Bonchev–Trinajstić information content (AvgIpc) is 2.11. The van der Waals surface area contributed by atoms with Crippen LogP contribution in [0, 0.1) is 5.92 Å². The highest BCUT2D eigenvalue weighted by molar-refractivity contribution is 5.97. The van der Waals surface area contributed by atoms with Crippen molar-refractivity contribution in [1.29, 1.82) is 0 Å². The van der Waals surface area contributed by atoms with Crippen molar-refractivity contribution >= 4 is 17.8 Å². The molecule has 0 aromatic carbocycles. The highest BCUT2D eigenvalue weighted by Gasteiger charge is 2.38. The van der Waals surface area contributed by atoms with Crippen LogP contribution in [0.1, 0.15) is 34.1 Å². The van der Waals surface area contributed by atoms with Gasteiger partial charge in [-0.2, -0.15) is 0 Å². The second-order valence-electron chi connectivity index (χ2n) is 5.53. The van der Waals surface area contributed by atoms with E-state index in [0.717, 1.165) is 0 Å². The molecule has 108 valence electrons. The Labute approximate surface area is 113 Å². The largest absolute Gasteiger partial charge is 0.466 e. The second kappa shape index (κ2) is 6.04. The van der Waals surface area contributed by atoms with Crippen LogP contribution < -0.4 is 0 Å². The van der Waals surface area contributed by atoms with Crippen molar-refractivity contribution in [2.24, 2.45) is 5.92 Å². The van der Waals surface area contributed by atoms with Gasteiger partial charge in [-0.3, -0.25) is 9.59 Å². The molecule has 1 heterocycles. The van der Waals surface area contributed by atoms with E-state index in [1.54, 1.807) is 27.7 Å². The van der Waals surface area contributed by atoms with Gasteiger partial charge in [-0.25, -0.2) is 4.79 Å². The molecular weight excluding hydrogens is 250 g/mol. The number of esters is 1. The van der Waals surface area contributed by atoms with Crippen molar-refractivity contribution in [3.05, 3.63) is 0 Å². The number of hydrogen-bond acceptors (Lipinski definition) is 5. The summed E-state index contributed by atoms with van der Waals surface area (Å²) in [5.41, 5.74) is -0.545. The minimum atomic E-state index is -0.545. The standard InChI is InChI=1S/C13H21NO5/c1-5-18-11(16)6-10(15)9-7-14(8-9)12(17)19-13(2,3)4/h9H,5-8H2,1-4H3. The lowest BCUT2D eigenvalue weighted by atomic mass is 9.94. The van der Waals surface area contributed by atoms with E-state index in [1.165, 1.54) is 4.90 Å². The molecule has 0 aromatic heterocycles. The smallest absolute Gasteiger partial charge is 0.410 e. The highest BCUT2D eigenvalue weighted by atomic mass is 16.6. The zero-order valence-corrected chi connectivity index (χ0v) is 11.9. The van der Waals surface area contributed by atoms with Crippen molar-refractivity contribution < 1.29 is 23.9 Å². The third-order valence-electron chi connectivity index (χ3n) is 2.61. The number of amides is 1. The summed E-state index contributed by atoms with van der Waals surface area (Å²) in [6.07, 6.45) is -0.645. The Hall–Kier alpha value is -1.59. The van der Waals surface area contributed by atoms with E-state index in [9.17, 15) is 14.4 Å². The van der Waals surface area contributed by atoms with Gasteiger partial charge in [0.1, 0.15) is 12.0 Å². The molecule has 19 heavy (non-hydrogen) atoms. The molecule has 0 unspecified atom stereocenters. The molecule has 1 saturated heterocycles. The Morgan fingerprint density at radius 3 is 2.26 bits per heavy atom. The predicted octanol–water partition coefficient (Wildman–Crippen LogP) is 1.38. The summed E-state index contributed by atoms with van der Waals surface area (Å²) in [6.45, 7) is 7.94. The first kappa shape index (κ1) is 15.5. The maximum absolute atomic E-state index is 11.7. The molecule has 1 fully saturated rings. The van der Waals surface area contributed by atoms with E-state index >= 15 is 0 Å². The Bertz CT molecular complexity index is 366. The second-order valence-corrected chi connectivity index (χ2v) is 5.53. The fraction of sp³-hybridized carbons (Fsp3) is 0.769. The van der Waals surface area contributed by atoms with E-state index in [4.69, 9.17) is 9.47 Å². The zero-order chi connectivity index (χ0) is 14.6. The third kappa shape index (κ3) is 4.89. The molecule has 0 aliphatic carbocycles. The van der Waals surface area contributed by atoms with Gasteiger partial charge in [-0.15, -0.1) is 0 Å². The van der Waals surface area contributed by atoms with Gasteiger partial charge in [0, 0.05) is 13.1 Å². The van der Waals surface area contributed by atoms with Crippen LogP contribution in [0.15, 0.2) is 0 Å². The molecule has 1 aliphatic rings. The lowest BCUT2D eigenvalue weighted by Gasteiger charge is -2.38. The van der Waals surface area contributed by atoms with Crippen molar-refractivity contribution in [2.75, 3.05) is 19.7 Å². The van der Waals surface area contributed by atoms with Crippen molar-refractivity contribution in [3.8, 4) is 0 Å². The van der Waals surface area contributed by atoms with Crippen molar-refractivity contribution in [1.82, 2.24) is 4.90 Å². The van der Waals surface area contributed by atoms with E-state index in [1.807, 2.05) is 0 Å². The Kier molecular flexibility index (Phi) is 4.91. The first-order chi connectivity index (χ1) is 8.73. The first-order valence-corrected chi connectivity index (χ1v) is 6.39. The number of Topliss-reactive ketones (excluding diaryl/α,β-unsaturated/α-hetero) is 1. The summed E-state index contributed by atoms with van der Waals surface area (Å²) >= 11 is 0. The number of ketones is 1. The number of hydrogen-bond donors (Lipinski definition) is 0. The van der Waals surface area contributed by atoms with E-state index in [0.29, 0.717) is 13.1 Å². The lowest BCUT2D eigenvalue weighted by Crippen LogP contribution is -2.54. The Morgan fingerprint density at radius 1 is 1.21 bits per heavy atom. The molecular formula is C13H21NO5. The van der Waals surface area contributed by atoms with Crippen LogP contribution in [0.2, 0.25) is 0 Å². The zero-order valence-electron chi connectivity index (χ0n) is 11.9. The van der Waals surface area contributed by atoms with Crippen LogP contribution >= 0.6 is 0 Å². The summed E-state index contributed by atoms with van der Waals surface area (Å²) in [4.78, 5) is 35.9. The van der Waals surface area contributed by atoms with Gasteiger partial charge < -0.3 is 14.4 Å². The van der Waals surface area contributed by atoms with Crippen molar-refractivity contribution in [3.63, 3.8) is 0 Å². The minimum Gasteiger partial charge on any atom is -0.466 e. The average molecular weight is 271 g/mol. The summed E-state index contributed by atoms with van der Waals surface area (Å²) in [7, 11) is 0. The molecule has 0 radical (unpaired) electrons. The molecule has 0 aromatic rings. The maximum Gasteiger partial charge on any atom is 0.410 e. The van der Waals surface area contributed by atoms with E-state index < -0.39 is 17.7 Å².